The van der Waals surface area contributed by atoms with Gasteiger partial charge in [0.25, 0.3) is 0 Å². The highest BCUT2D eigenvalue weighted by atomic mass is 16.5. The number of aromatic nitrogens is 2. The molecule has 6 nitrogen and oxygen atoms in total. The Bertz CT molecular complexity index is 417. The molecule has 0 amide bonds. The number of nitrogens with two attached hydrogens (primary N) is 1. The van der Waals surface area contributed by atoms with Crippen molar-refractivity contribution in [1.82, 2.24) is 9.97 Å². The molecule has 2 rings (SSSR count). The molecular weight excluding hydrogens is 232 g/mol. The van der Waals surface area contributed by atoms with Gasteiger partial charge in [-0.15, -0.1) is 0 Å². The summed E-state index contributed by atoms with van der Waals surface area (Å²) in [4.78, 5) is 9.04. The lowest BCUT2D eigenvalue weighted by Gasteiger charge is -2.26. The predicted octanol–water partition coefficient (Wildman–Crippen LogP) is 1.11. The number of ether oxygens (including phenoxy) is 2. The van der Waals surface area contributed by atoms with E-state index in [1.54, 1.807) is 0 Å². The molecule has 0 saturated carbocycles. The van der Waals surface area contributed by atoms with Gasteiger partial charge in [-0.05, 0) is 20.8 Å². The van der Waals surface area contributed by atoms with Crippen LogP contribution >= 0.6 is 0 Å². The fraction of sp³-hybridized carbons (Fsp3) is 0.667. The van der Waals surface area contributed by atoms with Crippen LogP contribution in [0.25, 0.3) is 0 Å². The maximum Gasteiger partial charge on any atom is 0.162 e. The van der Waals surface area contributed by atoms with E-state index in [4.69, 9.17) is 15.3 Å². The van der Waals surface area contributed by atoms with Crippen LogP contribution in [0.15, 0.2) is 0 Å². The van der Waals surface area contributed by atoms with Gasteiger partial charge in [0.15, 0.2) is 5.82 Å². The number of nitrogens with one attached hydrogen (secondary N) is 1. The molecule has 2 heterocycles. The predicted molar refractivity (Wildman–Crippen MR) is 67.9 cm³/mol. The summed E-state index contributed by atoms with van der Waals surface area (Å²) in [5, 5.41) is 0. The molecule has 1 aliphatic rings. The van der Waals surface area contributed by atoms with Crippen molar-refractivity contribution in [3.63, 3.8) is 0 Å². The van der Waals surface area contributed by atoms with Crippen molar-refractivity contribution in [1.29, 1.82) is 0 Å². The highest BCUT2D eigenvalue weighted by molar-refractivity contribution is 5.46. The molecule has 3 N–H and O–H groups in total. The zero-order valence-electron chi connectivity index (χ0n) is 11.1. The number of anilines is 1. The highest BCUT2D eigenvalue weighted by Crippen LogP contribution is 2.27. The van der Waals surface area contributed by atoms with Gasteiger partial charge in [-0.25, -0.2) is 15.8 Å². The minimum Gasteiger partial charge on any atom is -0.376 e. The molecule has 1 aromatic heterocycles. The van der Waals surface area contributed by atoms with Gasteiger partial charge >= 0.3 is 0 Å². The Morgan fingerprint density at radius 1 is 1.44 bits per heavy atom. The van der Waals surface area contributed by atoms with Crippen LogP contribution in [0.4, 0.5) is 5.82 Å². The number of rotatable bonds is 4. The monoisotopic (exact) mass is 252 g/mol. The van der Waals surface area contributed by atoms with Crippen molar-refractivity contribution in [3.8, 4) is 0 Å². The van der Waals surface area contributed by atoms with Gasteiger partial charge in [0.2, 0.25) is 0 Å². The topological polar surface area (TPSA) is 82.3 Å². The third-order valence-corrected chi connectivity index (χ3v) is 3.00. The second-order valence-corrected chi connectivity index (χ2v) is 4.71. The molecule has 100 valence electrons. The van der Waals surface area contributed by atoms with E-state index in [0.29, 0.717) is 31.5 Å². The first-order valence-electron chi connectivity index (χ1n) is 6.17. The van der Waals surface area contributed by atoms with Gasteiger partial charge in [0.05, 0.1) is 18.9 Å². The Hall–Kier alpha value is -1.24. The Balaban J connectivity index is 2.44. The van der Waals surface area contributed by atoms with Crippen LogP contribution in [0.5, 0.6) is 0 Å². The minimum absolute atomic E-state index is 0.504. The Morgan fingerprint density at radius 2 is 2.22 bits per heavy atom. The molecule has 0 aliphatic carbocycles. The first kappa shape index (κ1) is 13.2. The number of nitrogens with zero attached hydrogens (tertiary/aromatic N) is 2. The molecule has 0 atom stereocenters. The molecule has 18 heavy (non-hydrogen) atoms. The minimum atomic E-state index is -0.520. The van der Waals surface area contributed by atoms with Gasteiger partial charge in [0.1, 0.15) is 11.4 Å². The molecule has 0 radical (unpaired) electrons. The van der Waals surface area contributed by atoms with Crippen LogP contribution in [0.2, 0.25) is 0 Å². The summed E-state index contributed by atoms with van der Waals surface area (Å²) < 4.78 is 11.1. The van der Waals surface area contributed by atoms with E-state index in [2.05, 4.69) is 15.4 Å². The highest BCUT2D eigenvalue weighted by Gasteiger charge is 2.28. The van der Waals surface area contributed by atoms with E-state index in [1.165, 1.54) is 0 Å². The molecule has 0 aromatic carbocycles. The summed E-state index contributed by atoms with van der Waals surface area (Å²) in [7, 11) is 0. The summed E-state index contributed by atoms with van der Waals surface area (Å²) in [6.45, 7) is 7.67. The second kappa shape index (κ2) is 5.17. The normalized spacial score (nSPS) is 15.3. The summed E-state index contributed by atoms with van der Waals surface area (Å²) in [5.74, 6) is 6.80. The SMILES string of the molecule is CCOC(C)(C)c1nc2c(c(NN)n1)COCC2. The first-order chi connectivity index (χ1) is 8.58. The fourth-order valence-electron chi connectivity index (χ4n) is 2.05. The number of nitrogen functional groups attached to an aromatic ring is 1. The average Bonchev–Trinajstić information content (AvgIpc) is 2.37. The third-order valence-electron chi connectivity index (χ3n) is 3.00. The van der Waals surface area contributed by atoms with Crippen LogP contribution in [-0.2, 0) is 28.1 Å². The van der Waals surface area contributed by atoms with Gasteiger partial charge in [0, 0.05) is 18.6 Å². The van der Waals surface area contributed by atoms with Crippen LogP contribution in [-0.4, -0.2) is 23.2 Å². The molecular formula is C12H20N4O2. The Morgan fingerprint density at radius 3 is 2.89 bits per heavy atom. The van der Waals surface area contributed by atoms with Crippen LogP contribution in [0, 0.1) is 0 Å². The molecule has 0 fully saturated rings. The lowest BCUT2D eigenvalue weighted by atomic mass is 10.1. The van der Waals surface area contributed by atoms with E-state index >= 15 is 0 Å². The zero-order chi connectivity index (χ0) is 13.2. The van der Waals surface area contributed by atoms with Crippen LogP contribution in [0.3, 0.4) is 0 Å². The molecule has 0 unspecified atom stereocenters. The molecule has 0 bridgehead atoms. The Kier molecular flexibility index (Phi) is 3.79. The average molecular weight is 252 g/mol. The molecule has 6 heteroatoms. The number of hydrogen-bond donors (Lipinski definition) is 2. The number of hydrogen-bond acceptors (Lipinski definition) is 6. The van der Waals surface area contributed by atoms with E-state index in [0.717, 1.165) is 17.7 Å². The van der Waals surface area contributed by atoms with Gasteiger partial charge in [-0.3, -0.25) is 0 Å². The third kappa shape index (κ3) is 2.45. The van der Waals surface area contributed by atoms with E-state index < -0.39 is 5.60 Å². The summed E-state index contributed by atoms with van der Waals surface area (Å²) in [5.41, 5.74) is 4.04. The van der Waals surface area contributed by atoms with Gasteiger partial charge < -0.3 is 14.9 Å². The van der Waals surface area contributed by atoms with Gasteiger partial charge in [-0.2, -0.15) is 0 Å². The van der Waals surface area contributed by atoms with Crippen molar-refractivity contribution in [2.45, 2.75) is 39.4 Å². The lowest BCUT2D eigenvalue weighted by Crippen LogP contribution is -2.28. The summed E-state index contributed by atoms with van der Waals surface area (Å²) in [6, 6.07) is 0. The molecule has 1 aliphatic heterocycles. The summed E-state index contributed by atoms with van der Waals surface area (Å²) >= 11 is 0. The standard InChI is InChI=1S/C12H20N4O2/c1-4-18-12(2,3)11-14-9-5-6-17-7-8(9)10(15-11)16-13/h4-7,13H2,1-3H3,(H,14,15,16). The maximum absolute atomic E-state index is 5.68. The van der Waals surface area contributed by atoms with E-state index in [-0.39, 0.29) is 0 Å². The number of fused-ring (bicyclic) bond motifs is 1. The van der Waals surface area contributed by atoms with Crippen LogP contribution < -0.4 is 11.3 Å². The second-order valence-electron chi connectivity index (χ2n) is 4.71. The fourth-order valence-corrected chi connectivity index (χ4v) is 2.05. The van der Waals surface area contributed by atoms with E-state index in [9.17, 15) is 0 Å². The molecule has 1 aromatic rings. The largest absolute Gasteiger partial charge is 0.376 e. The molecule has 0 spiro atoms. The van der Waals surface area contributed by atoms with Crippen LogP contribution in [0.1, 0.15) is 37.9 Å². The van der Waals surface area contributed by atoms with E-state index in [1.807, 2.05) is 20.8 Å². The maximum atomic E-state index is 5.68. The first-order valence-corrected chi connectivity index (χ1v) is 6.17. The van der Waals surface area contributed by atoms with Gasteiger partial charge in [-0.1, -0.05) is 0 Å². The summed E-state index contributed by atoms with van der Waals surface area (Å²) in [6.07, 6.45) is 0.780. The Labute approximate surface area is 107 Å². The smallest absolute Gasteiger partial charge is 0.162 e. The van der Waals surface area contributed by atoms with Crippen molar-refractivity contribution in [2.24, 2.45) is 5.84 Å². The number of hydrazine groups is 1. The van der Waals surface area contributed by atoms with Crippen molar-refractivity contribution in [2.75, 3.05) is 18.6 Å². The van der Waals surface area contributed by atoms with Crippen molar-refractivity contribution >= 4 is 5.82 Å². The van der Waals surface area contributed by atoms with Crippen molar-refractivity contribution in [3.05, 3.63) is 17.1 Å². The van der Waals surface area contributed by atoms with Crippen molar-refractivity contribution < 1.29 is 9.47 Å². The zero-order valence-corrected chi connectivity index (χ0v) is 11.1. The quantitative estimate of drug-likeness (QED) is 0.617. The lowest BCUT2D eigenvalue weighted by molar-refractivity contribution is -0.0211. The molecule has 0 saturated heterocycles.